The van der Waals surface area contributed by atoms with E-state index in [2.05, 4.69) is 14.9 Å². The second kappa shape index (κ2) is 5.86. The van der Waals surface area contributed by atoms with E-state index in [1.807, 2.05) is 6.07 Å². The standard InChI is InChI=1S/C12H20N4O2/c1-18-11-8-10(14-12(13)15-11)16-6-2-4-9(16)5-3-7-17/h8-9,17H,2-7H2,1H3,(H2,13,14,15). The van der Waals surface area contributed by atoms with Gasteiger partial charge in [-0.1, -0.05) is 0 Å². The van der Waals surface area contributed by atoms with Crippen LogP contribution in [0.3, 0.4) is 0 Å². The van der Waals surface area contributed by atoms with E-state index >= 15 is 0 Å². The largest absolute Gasteiger partial charge is 0.481 e. The maximum atomic E-state index is 8.93. The van der Waals surface area contributed by atoms with E-state index in [1.54, 1.807) is 7.11 Å². The Morgan fingerprint density at radius 1 is 1.56 bits per heavy atom. The lowest BCUT2D eigenvalue weighted by Crippen LogP contribution is -2.30. The second-order valence-corrected chi connectivity index (χ2v) is 4.48. The number of hydrogen-bond donors (Lipinski definition) is 2. The number of anilines is 2. The number of aliphatic hydroxyl groups excluding tert-OH is 1. The first kappa shape index (κ1) is 12.9. The fourth-order valence-corrected chi connectivity index (χ4v) is 2.45. The molecule has 1 aliphatic heterocycles. The van der Waals surface area contributed by atoms with Crippen molar-refractivity contribution < 1.29 is 9.84 Å². The van der Waals surface area contributed by atoms with Gasteiger partial charge in [-0.3, -0.25) is 0 Å². The molecule has 0 aliphatic carbocycles. The SMILES string of the molecule is COc1cc(N2CCCC2CCCO)nc(N)n1. The molecule has 1 aromatic heterocycles. The van der Waals surface area contributed by atoms with Gasteiger partial charge in [0.15, 0.2) is 0 Å². The van der Waals surface area contributed by atoms with Crippen LogP contribution in [-0.2, 0) is 0 Å². The van der Waals surface area contributed by atoms with Crippen molar-refractivity contribution in [3.05, 3.63) is 6.07 Å². The molecule has 18 heavy (non-hydrogen) atoms. The number of aliphatic hydroxyl groups is 1. The number of aromatic nitrogens is 2. The molecule has 1 saturated heterocycles. The third kappa shape index (κ3) is 2.81. The number of hydrogen-bond acceptors (Lipinski definition) is 6. The van der Waals surface area contributed by atoms with Gasteiger partial charge in [-0.05, 0) is 25.7 Å². The fraction of sp³-hybridized carbons (Fsp3) is 0.667. The van der Waals surface area contributed by atoms with E-state index in [9.17, 15) is 0 Å². The molecule has 3 N–H and O–H groups in total. The van der Waals surface area contributed by atoms with Gasteiger partial charge in [0.2, 0.25) is 11.8 Å². The van der Waals surface area contributed by atoms with Crippen molar-refractivity contribution in [1.29, 1.82) is 0 Å². The Labute approximate surface area is 107 Å². The molecule has 0 aromatic carbocycles. The number of ether oxygens (including phenoxy) is 1. The van der Waals surface area contributed by atoms with E-state index in [0.717, 1.165) is 38.0 Å². The molecule has 1 aliphatic rings. The van der Waals surface area contributed by atoms with Gasteiger partial charge in [0.05, 0.1) is 7.11 Å². The fourth-order valence-electron chi connectivity index (χ4n) is 2.45. The first-order chi connectivity index (χ1) is 8.74. The third-order valence-electron chi connectivity index (χ3n) is 3.28. The van der Waals surface area contributed by atoms with E-state index in [-0.39, 0.29) is 12.6 Å². The summed E-state index contributed by atoms with van der Waals surface area (Å²) >= 11 is 0. The molecule has 0 spiro atoms. The molecule has 100 valence electrons. The van der Waals surface area contributed by atoms with Crippen LogP contribution in [0.4, 0.5) is 11.8 Å². The summed E-state index contributed by atoms with van der Waals surface area (Å²) in [5, 5.41) is 8.93. The molecule has 0 bridgehead atoms. The Morgan fingerprint density at radius 3 is 3.11 bits per heavy atom. The zero-order valence-electron chi connectivity index (χ0n) is 10.7. The Hall–Kier alpha value is -1.56. The summed E-state index contributed by atoms with van der Waals surface area (Å²) in [5.74, 6) is 1.54. The minimum absolute atomic E-state index is 0.233. The minimum Gasteiger partial charge on any atom is -0.481 e. The van der Waals surface area contributed by atoms with Gasteiger partial charge >= 0.3 is 0 Å². The van der Waals surface area contributed by atoms with Crippen molar-refractivity contribution in [2.75, 3.05) is 30.9 Å². The van der Waals surface area contributed by atoms with Crippen molar-refractivity contribution in [1.82, 2.24) is 9.97 Å². The van der Waals surface area contributed by atoms with Crippen molar-refractivity contribution in [2.24, 2.45) is 0 Å². The molecule has 1 fully saturated rings. The van der Waals surface area contributed by atoms with Crippen molar-refractivity contribution in [3.8, 4) is 5.88 Å². The lowest BCUT2D eigenvalue weighted by atomic mass is 10.1. The van der Waals surface area contributed by atoms with Crippen LogP contribution in [0.25, 0.3) is 0 Å². The van der Waals surface area contributed by atoms with E-state index < -0.39 is 0 Å². The van der Waals surface area contributed by atoms with Gasteiger partial charge in [0, 0.05) is 25.3 Å². The first-order valence-electron chi connectivity index (χ1n) is 6.30. The average Bonchev–Trinajstić information content (AvgIpc) is 2.83. The number of nitrogens with two attached hydrogens (primary N) is 1. The van der Waals surface area contributed by atoms with Crippen LogP contribution in [0, 0.1) is 0 Å². The number of nitrogen functional groups attached to an aromatic ring is 1. The van der Waals surface area contributed by atoms with Gasteiger partial charge in [0.1, 0.15) is 5.82 Å². The normalized spacial score (nSPS) is 19.2. The average molecular weight is 252 g/mol. The summed E-state index contributed by atoms with van der Waals surface area (Å²) in [5.41, 5.74) is 5.68. The summed E-state index contributed by atoms with van der Waals surface area (Å²) in [4.78, 5) is 10.5. The van der Waals surface area contributed by atoms with Gasteiger partial charge in [-0.25, -0.2) is 0 Å². The predicted octanol–water partition coefficient (Wildman–Crippen LogP) is 0.809. The minimum atomic E-state index is 0.233. The Bertz CT molecular complexity index is 400. The monoisotopic (exact) mass is 252 g/mol. The smallest absolute Gasteiger partial charge is 0.225 e. The molecule has 1 atom stereocenters. The molecule has 1 unspecified atom stereocenters. The van der Waals surface area contributed by atoms with Crippen molar-refractivity contribution in [3.63, 3.8) is 0 Å². The maximum absolute atomic E-state index is 8.93. The van der Waals surface area contributed by atoms with Crippen LogP contribution in [0.2, 0.25) is 0 Å². The van der Waals surface area contributed by atoms with Crippen LogP contribution >= 0.6 is 0 Å². The Morgan fingerprint density at radius 2 is 2.39 bits per heavy atom. The predicted molar refractivity (Wildman–Crippen MR) is 69.7 cm³/mol. The topological polar surface area (TPSA) is 84.5 Å². The second-order valence-electron chi connectivity index (χ2n) is 4.48. The molecule has 2 rings (SSSR count). The molecule has 6 heteroatoms. The van der Waals surface area contributed by atoms with Crippen molar-refractivity contribution in [2.45, 2.75) is 31.7 Å². The first-order valence-corrected chi connectivity index (χ1v) is 6.30. The number of nitrogens with zero attached hydrogens (tertiary/aromatic N) is 3. The van der Waals surface area contributed by atoms with Gasteiger partial charge < -0.3 is 20.5 Å². The Kier molecular flexibility index (Phi) is 4.19. The quantitative estimate of drug-likeness (QED) is 0.806. The molecule has 1 aromatic rings. The summed E-state index contributed by atoms with van der Waals surface area (Å²) in [7, 11) is 1.57. The zero-order chi connectivity index (χ0) is 13.0. The highest BCUT2D eigenvalue weighted by atomic mass is 16.5. The highest BCUT2D eigenvalue weighted by molar-refractivity contribution is 5.47. The number of rotatable bonds is 5. The van der Waals surface area contributed by atoms with Crippen LogP contribution in [0.15, 0.2) is 6.07 Å². The van der Waals surface area contributed by atoms with Crippen molar-refractivity contribution >= 4 is 11.8 Å². The van der Waals surface area contributed by atoms with E-state index in [1.165, 1.54) is 0 Å². The van der Waals surface area contributed by atoms with Gasteiger partial charge in [-0.2, -0.15) is 9.97 Å². The zero-order valence-corrected chi connectivity index (χ0v) is 10.7. The summed E-state index contributed by atoms with van der Waals surface area (Å²) in [6.45, 7) is 1.20. The van der Waals surface area contributed by atoms with Crippen LogP contribution in [-0.4, -0.2) is 41.4 Å². The number of methoxy groups -OCH3 is 1. The molecule has 2 heterocycles. The maximum Gasteiger partial charge on any atom is 0.225 e. The lowest BCUT2D eigenvalue weighted by molar-refractivity contribution is 0.279. The molecular formula is C12H20N4O2. The molecule has 0 radical (unpaired) electrons. The Balaban J connectivity index is 2.16. The van der Waals surface area contributed by atoms with E-state index in [0.29, 0.717) is 11.9 Å². The van der Waals surface area contributed by atoms with Crippen LogP contribution in [0.1, 0.15) is 25.7 Å². The highest BCUT2D eigenvalue weighted by Crippen LogP contribution is 2.28. The van der Waals surface area contributed by atoms with Gasteiger partial charge in [-0.15, -0.1) is 0 Å². The third-order valence-corrected chi connectivity index (χ3v) is 3.28. The van der Waals surface area contributed by atoms with Crippen LogP contribution < -0.4 is 15.4 Å². The summed E-state index contributed by atoms with van der Waals surface area (Å²) < 4.78 is 5.11. The van der Waals surface area contributed by atoms with Crippen LogP contribution in [0.5, 0.6) is 5.88 Å². The molecular weight excluding hydrogens is 232 g/mol. The molecule has 0 saturated carbocycles. The van der Waals surface area contributed by atoms with E-state index in [4.69, 9.17) is 15.6 Å². The molecule has 6 nitrogen and oxygen atoms in total. The highest BCUT2D eigenvalue weighted by Gasteiger charge is 2.25. The van der Waals surface area contributed by atoms with Gasteiger partial charge in [0.25, 0.3) is 0 Å². The summed E-state index contributed by atoms with van der Waals surface area (Å²) in [6.07, 6.45) is 4.07. The lowest BCUT2D eigenvalue weighted by Gasteiger charge is -2.25. The molecule has 0 amide bonds. The summed E-state index contributed by atoms with van der Waals surface area (Å²) in [6, 6.07) is 2.24.